The number of carboxylic acid groups (broad SMARTS) is 1. The molecule has 6 heteroatoms. The fourth-order valence-electron chi connectivity index (χ4n) is 2.24. The van der Waals surface area contributed by atoms with Crippen LogP contribution in [0.5, 0.6) is 0 Å². The van der Waals surface area contributed by atoms with Crippen molar-refractivity contribution in [1.82, 2.24) is 5.32 Å². The van der Waals surface area contributed by atoms with Crippen LogP contribution in [0.15, 0.2) is 24.3 Å². The summed E-state index contributed by atoms with van der Waals surface area (Å²) < 4.78 is 38.4. The first-order valence-electron chi connectivity index (χ1n) is 5.54. The van der Waals surface area contributed by atoms with Crippen LogP contribution >= 0.6 is 0 Å². The van der Waals surface area contributed by atoms with Crippen molar-refractivity contribution in [1.29, 1.82) is 0 Å². The van der Waals surface area contributed by atoms with E-state index in [1.54, 1.807) is 0 Å². The van der Waals surface area contributed by atoms with Crippen LogP contribution < -0.4 is 5.32 Å². The first-order valence-corrected chi connectivity index (χ1v) is 5.54. The molecule has 2 atom stereocenters. The molecule has 0 aromatic heterocycles. The number of halogens is 3. The minimum atomic E-state index is -4.42. The Morgan fingerprint density at radius 2 is 1.94 bits per heavy atom. The summed E-state index contributed by atoms with van der Waals surface area (Å²) >= 11 is 0. The number of aliphatic carboxylic acids is 1. The Kier molecular flexibility index (Phi) is 3.30. The molecule has 1 aromatic rings. The number of hydrogen-bond acceptors (Lipinski definition) is 2. The van der Waals surface area contributed by atoms with Gasteiger partial charge in [-0.1, -0.05) is 18.2 Å². The van der Waals surface area contributed by atoms with Gasteiger partial charge < -0.3 is 5.11 Å². The van der Waals surface area contributed by atoms with Gasteiger partial charge in [0.05, 0.1) is 5.56 Å². The summed E-state index contributed by atoms with van der Waals surface area (Å²) in [6.45, 7) is 0. The van der Waals surface area contributed by atoms with Crippen LogP contribution in [0.1, 0.15) is 30.0 Å². The summed E-state index contributed by atoms with van der Waals surface area (Å²) in [4.78, 5) is 10.8. The van der Waals surface area contributed by atoms with Gasteiger partial charge in [0, 0.05) is 6.04 Å². The third-order valence-corrected chi connectivity index (χ3v) is 3.09. The standard InChI is InChI=1S/C12H12F3NO2/c13-12(14,15)8-4-2-1-3-7(8)9-5-6-10(16-9)11(17)18/h1-4,9-10,16H,5-6H2,(H,17,18). The second kappa shape index (κ2) is 4.61. The molecule has 0 radical (unpaired) electrons. The molecule has 3 nitrogen and oxygen atoms in total. The summed E-state index contributed by atoms with van der Waals surface area (Å²) in [5.74, 6) is -1.03. The van der Waals surface area contributed by atoms with Gasteiger partial charge in [-0.05, 0) is 24.5 Å². The highest BCUT2D eigenvalue weighted by molar-refractivity contribution is 5.74. The maximum absolute atomic E-state index is 12.8. The molecule has 1 saturated heterocycles. The lowest BCUT2D eigenvalue weighted by atomic mass is 9.99. The Hall–Kier alpha value is -1.56. The maximum atomic E-state index is 12.8. The number of carboxylic acids is 1. The quantitative estimate of drug-likeness (QED) is 0.858. The lowest BCUT2D eigenvalue weighted by Crippen LogP contribution is -2.32. The van der Waals surface area contributed by atoms with Crippen molar-refractivity contribution in [3.63, 3.8) is 0 Å². The molecule has 0 saturated carbocycles. The second-order valence-corrected chi connectivity index (χ2v) is 4.27. The topological polar surface area (TPSA) is 49.3 Å². The Morgan fingerprint density at radius 1 is 1.28 bits per heavy atom. The van der Waals surface area contributed by atoms with Crippen molar-refractivity contribution in [2.24, 2.45) is 0 Å². The Bertz CT molecular complexity index is 459. The van der Waals surface area contributed by atoms with Gasteiger partial charge in [-0.2, -0.15) is 13.2 Å². The van der Waals surface area contributed by atoms with E-state index in [4.69, 9.17) is 5.11 Å². The van der Waals surface area contributed by atoms with Gasteiger partial charge in [0.2, 0.25) is 0 Å². The Labute approximate surface area is 102 Å². The van der Waals surface area contributed by atoms with Crippen LogP contribution in [0.2, 0.25) is 0 Å². The number of nitrogens with one attached hydrogen (secondary N) is 1. The largest absolute Gasteiger partial charge is 0.480 e. The number of rotatable bonds is 2. The average Bonchev–Trinajstić information content (AvgIpc) is 2.77. The highest BCUT2D eigenvalue weighted by Gasteiger charge is 2.37. The van der Waals surface area contributed by atoms with Crippen molar-refractivity contribution >= 4 is 5.97 Å². The summed E-state index contributed by atoms with van der Waals surface area (Å²) in [7, 11) is 0. The molecule has 0 bridgehead atoms. The van der Waals surface area contributed by atoms with Crippen molar-refractivity contribution in [3.8, 4) is 0 Å². The molecule has 1 aliphatic heterocycles. The maximum Gasteiger partial charge on any atom is 0.416 e. The lowest BCUT2D eigenvalue weighted by Gasteiger charge is -2.18. The monoisotopic (exact) mass is 259 g/mol. The van der Waals surface area contributed by atoms with Crippen molar-refractivity contribution in [2.45, 2.75) is 31.1 Å². The van der Waals surface area contributed by atoms with Gasteiger partial charge in [-0.15, -0.1) is 0 Å². The van der Waals surface area contributed by atoms with Crippen molar-refractivity contribution in [2.75, 3.05) is 0 Å². The summed E-state index contributed by atoms with van der Waals surface area (Å²) in [5.41, 5.74) is -0.581. The van der Waals surface area contributed by atoms with Crippen LogP contribution in [0, 0.1) is 0 Å². The molecule has 1 heterocycles. The number of alkyl halides is 3. The zero-order chi connectivity index (χ0) is 13.3. The zero-order valence-corrected chi connectivity index (χ0v) is 9.37. The second-order valence-electron chi connectivity index (χ2n) is 4.27. The number of hydrogen-bond donors (Lipinski definition) is 2. The first kappa shape index (κ1) is 12.9. The van der Waals surface area contributed by atoms with Gasteiger partial charge in [-0.3, -0.25) is 10.1 Å². The fraction of sp³-hybridized carbons (Fsp3) is 0.417. The molecule has 2 unspecified atom stereocenters. The molecule has 18 heavy (non-hydrogen) atoms. The average molecular weight is 259 g/mol. The first-order chi connectivity index (χ1) is 8.39. The van der Waals surface area contributed by atoms with E-state index >= 15 is 0 Å². The van der Waals surface area contributed by atoms with E-state index < -0.39 is 29.8 Å². The van der Waals surface area contributed by atoms with Crippen LogP contribution in [-0.4, -0.2) is 17.1 Å². The molecule has 1 aromatic carbocycles. The minimum Gasteiger partial charge on any atom is -0.480 e. The molecular formula is C12H12F3NO2. The van der Waals surface area contributed by atoms with E-state index in [-0.39, 0.29) is 5.56 Å². The molecule has 0 aliphatic carbocycles. The number of benzene rings is 1. The van der Waals surface area contributed by atoms with E-state index in [1.807, 2.05) is 0 Å². The van der Waals surface area contributed by atoms with Crippen LogP contribution in [0.3, 0.4) is 0 Å². The Morgan fingerprint density at radius 3 is 2.50 bits per heavy atom. The van der Waals surface area contributed by atoms with Crippen molar-refractivity contribution in [3.05, 3.63) is 35.4 Å². The van der Waals surface area contributed by atoms with Gasteiger partial charge in [0.25, 0.3) is 0 Å². The van der Waals surface area contributed by atoms with E-state index in [0.29, 0.717) is 12.8 Å². The molecule has 2 N–H and O–H groups in total. The smallest absolute Gasteiger partial charge is 0.416 e. The fourth-order valence-corrected chi connectivity index (χ4v) is 2.24. The molecule has 98 valence electrons. The van der Waals surface area contributed by atoms with E-state index in [2.05, 4.69) is 5.32 Å². The van der Waals surface area contributed by atoms with Crippen LogP contribution in [0.25, 0.3) is 0 Å². The van der Waals surface area contributed by atoms with Crippen LogP contribution in [-0.2, 0) is 11.0 Å². The molecule has 0 spiro atoms. The Balaban J connectivity index is 2.27. The van der Waals surface area contributed by atoms with Gasteiger partial charge in [0.1, 0.15) is 6.04 Å². The molecule has 0 amide bonds. The van der Waals surface area contributed by atoms with Crippen molar-refractivity contribution < 1.29 is 23.1 Å². The number of carbonyl (C=O) groups is 1. The third kappa shape index (κ3) is 2.48. The lowest BCUT2D eigenvalue weighted by molar-refractivity contribution is -0.139. The predicted octanol–water partition coefficient (Wildman–Crippen LogP) is 2.58. The minimum absolute atomic E-state index is 0.119. The predicted molar refractivity (Wildman–Crippen MR) is 58.0 cm³/mol. The third-order valence-electron chi connectivity index (χ3n) is 3.09. The molecule has 1 fully saturated rings. The summed E-state index contributed by atoms with van der Waals surface area (Å²) in [5, 5.41) is 11.5. The molecule has 1 aliphatic rings. The van der Waals surface area contributed by atoms with Gasteiger partial charge in [-0.25, -0.2) is 0 Å². The highest BCUT2D eigenvalue weighted by Crippen LogP contribution is 2.37. The molecular weight excluding hydrogens is 247 g/mol. The molecule has 2 rings (SSSR count). The normalized spacial score (nSPS) is 24.2. The SMILES string of the molecule is O=C(O)C1CCC(c2ccccc2C(F)(F)F)N1. The van der Waals surface area contributed by atoms with E-state index in [9.17, 15) is 18.0 Å². The van der Waals surface area contributed by atoms with E-state index in [1.165, 1.54) is 18.2 Å². The van der Waals surface area contributed by atoms with E-state index in [0.717, 1.165) is 6.07 Å². The highest BCUT2D eigenvalue weighted by atomic mass is 19.4. The zero-order valence-electron chi connectivity index (χ0n) is 9.37. The van der Waals surface area contributed by atoms with Gasteiger partial charge >= 0.3 is 12.1 Å². The van der Waals surface area contributed by atoms with Crippen LogP contribution in [0.4, 0.5) is 13.2 Å². The summed E-state index contributed by atoms with van der Waals surface area (Å²) in [6.07, 6.45) is -3.68. The van der Waals surface area contributed by atoms with Gasteiger partial charge in [0.15, 0.2) is 0 Å². The summed E-state index contributed by atoms with van der Waals surface area (Å²) in [6, 6.07) is 3.95.